The van der Waals surface area contributed by atoms with Gasteiger partial charge in [0.05, 0.1) is 12.0 Å². The van der Waals surface area contributed by atoms with Gasteiger partial charge in [-0.1, -0.05) is 41.9 Å². The molecule has 0 aliphatic rings. The van der Waals surface area contributed by atoms with Crippen molar-refractivity contribution in [2.45, 2.75) is 26.3 Å². The lowest BCUT2D eigenvalue weighted by molar-refractivity contribution is -0.308. The van der Waals surface area contributed by atoms with Gasteiger partial charge in [-0.3, -0.25) is 9.59 Å². The van der Waals surface area contributed by atoms with Crippen molar-refractivity contribution >= 4 is 55.7 Å². The molecule has 0 saturated heterocycles. The number of hydrogen-bond donors (Lipinski definition) is 2. The van der Waals surface area contributed by atoms with E-state index in [2.05, 4.69) is 42.5 Å². The summed E-state index contributed by atoms with van der Waals surface area (Å²) in [5.41, 5.74) is 0.507. The first-order chi connectivity index (χ1) is 13.7. The van der Waals surface area contributed by atoms with Crippen molar-refractivity contribution in [3.05, 3.63) is 62.6 Å². The Morgan fingerprint density at radius 1 is 1.10 bits per heavy atom. The molecule has 154 valence electrons. The molecule has 0 spiro atoms. The van der Waals surface area contributed by atoms with Crippen molar-refractivity contribution in [2.24, 2.45) is 5.92 Å². The highest BCUT2D eigenvalue weighted by atomic mass is 79.9. The van der Waals surface area contributed by atoms with Crippen LogP contribution in [-0.4, -0.2) is 23.8 Å². The predicted molar refractivity (Wildman–Crippen MR) is 112 cm³/mol. The van der Waals surface area contributed by atoms with E-state index in [1.165, 1.54) is 12.1 Å². The van der Waals surface area contributed by atoms with Gasteiger partial charge >= 0.3 is 0 Å². The van der Waals surface area contributed by atoms with E-state index in [4.69, 9.17) is 4.42 Å². The van der Waals surface area contributed by atoms with Crippen LogP contribution in [0.25, 0.3) is 6.08 Å². The average Bonchev–Trinajstić information content (AvgIpc) is 3.08. The maximum atomic E-state index is 12.7. The highest BCUT2D eigenvalue weighted by Gasteiger charge is 2.21. The van der Waals surface area contributed by atoms with Crippen molar-refractivity contribution in [1.29, 1.82) is 0 Å². The molecular formula is C20H19Br2N2O5-. The SMILES string of the molecule is CC(C)CC(NC(=O)C(=Cc1ccc(Br)cc1)NC(=O)c1ccc(Br)o1)C(=O)[O-]. The molecule has 0 radical (unpaired) electrons. The number of furan rings is 1. The third-order valence-electron chi connectivity index (χ3n) is 3.77. The zero-order valence-corrected chi connectivity index (χ0v) is 18.9. The number of carbonyl (C=O) groups excluding carboxylic acids is 3. The third kappa shape index (κ3) is 7.17. The molecule has 2 amide bonds. The molecule has 1 aromatic carbocycles. The standard InChI is InChI=1S/C20H20Br2N2O5/c1-11(2)9-15(20(27)28)24-18(25)14(10-12-3-5-13(21)6-4-12)23-19(26)16-7-8-17(22)29-16/h3-8,10-11,15H,9H2,1-2H3,(H,23,26)(H,24,25)(H,27,28)/p-1. The van der Waals surface area contributed by atoms with Gasteiger partial charge in [-0.25, -0.2) is 0 Å². The van der Waals surface area contributed by atoms with Crippen LogP contribution < -0.4 is 15.7 Å². The Balaban J connectivity index is 2.29. The minimum absolute atomic E-state index is 0.00925. The lowest BCUT2D eigenvalue weighted by Gasteiger charge is -2.22. The number of aliphatic carboxylic acids is 1. The molecule has 1 aromatic heterocycles. The van der Waals surface area contributed by atoms with Gasteiger partial charge in [0.2, 0.25) is 0 Å². The average molecular weight is 527 g/mol. The maximum absolute atomic E-state index is 12.7. The minimum atomic E-state index is -1.39. The molecule has 0 fully saturated rings. The molecule has 2 N–H and O–H groups in total. The van der Waals surface area contributed by atoms with Crippen molar-refractivity contribution < 1.29 is 23.9 Å². The Labute approximate surface area is 184 Å². The molecule has 2 rings (SSSR count). The number of carboxylic acids is 1. The number of rotatable bonds is 8. The van der Waals surface area contributed by atoms with Crippen molar-refractivity contribution in [2.75, 3.05) is 0 Å². The Bertz CT molecular complexity index is 919. The van der Waals surface area contributed by atoms with Crippen molar-refractivity contribution in [3.63, 3.8) is 0 Å². The highest BCUT2D eigenvalue weighted by Crippen LogP contribution is 2.16. The second-order valence-electron chi connectivity index (χ2n) is 6.64. The van der Waals surface area contributed by atoms with Crippen molar-refractivity contribution in [3.8, 4) is 0 Å². The van der Waals surface area contributed by atoms with Gasteiger partial charge in [-0.05, 0) is 64.2 Å². The summed E-state index contributed by atoms with van der Waals surface area (Å²) in [6, 6.07) is 8.81. The van der Waals surface area contributed by atoms with E-state index in [1.54, 1.807) is 30.3 Å². The molecule has 7 nitrogen and oxygen atoms in total. The van der Waals surface area contributed by atoms with Gasteiger partial charge in [0.25, 0.3) is 11.8 Å². The summed E-state index contributed by atoms with van der Waals surface area (Å²) < 4.78 is 6.41. The molecule has 1 atom stereocenters. The summed E-state index contributed by atoms with van der Waals surface area (Å²) in [6.45, 7) is 3.66. The fourth-order valence-corrected chi connectivity index (χ4v) is 3.00. The van der Waals surface area contributed by atoms with Crippen LogP contribution in [-0.2, 0) is 9.59 Å². The molecule has 1 unspecified atom stereocenters. The van der Waals surface area contributed by atoms with E-state index in [0.29, 0.717) is 10.2 Å². The molecule has 1 heterocycles. The molecular weight excluding hydrogens is 508 g/mol. The molecule has 0 aliphatic heterocycles. The Kier molecular flexibility index (Phi) is 8.21. The van der Waals surface area contributed by atoms with Gasteiger partial charge < -0.3 is 25.0 Å². The smallest absolute Gasteiger partial charge is 0.291 e. The molecule has 29 heavy (non-hydrogen) atoms. The summed E-state index contributed by atoms with van der Waals surface area (Å²) in [5.74, 6) is -2.78. The van der Waals surface area contributed by atoms with Crippen LogP contribution in [0.4, 0.5) is 0 Å². The fraction of sp³-hybridized carbons (Fsp3) is 0.250. The third-order valence-corrected chi connectivity index (χ3v) is 4.72. The van der Waals surface area contributed by atoms with Crippen LogP contribution in [0.15, 0.2) is 55.7 Å². The van der Waals surface area contributed by atoms with Crippen molar-refractivity contribution in [1.82, 2.24) is 10.6 Å². The second-order valence-corrected chi connectivity index (χ2v) is 8.34. The quantitative estimate of drug-likeness (QED) is 0.514. The summed E-state index contributed by atoms with van der Waals surface area (Å²) in [7, 11) is 0. The van der Waals surface area contributed by atoms with E-state index in [-0.39, 0.29) is 23.8 Å². The number of halogens is 2. The first kappa shape index (κ1) is 22.9. The van der Waals surface area contributed by atoms with Gasteiger partial charge in [-0.15, -0.1) is 0 Å². The Morgan fingerprint density at radius 3 is 2.28 bits per heavy atom. The van der Waals surface area contributed by atoms with E-state index in [1.807, 2.05) is 13.8 Å². The molecule has 0 saturated carbocycles. The number of hydrogen-bond acceptors (Lipinski definition) is 5. The number of carbonyl (C=O) groups is 3. The van der Waals surface area contributed by atoms with Gasteiger partial charge in [0.1, 0.15) is 5.70 Å². The summed E-state index contributed by atoms with van der Waals surface area (Å²) in [5, 5.41) is 16.3. The van der Waals surface area contributed by atoms with Gasteiger partial charge in [-0.2, -0.15) is 0 Å². The van der Waals surface area contributed by atoms with Gasteiger partial charge in [0.15, 0.2) is 10.4 Å². The zero-order chi connectivity index (χ0) is 21.6. The predicted octanol–water partition coefficient (Wildman–Crippen LogP) is 2.86. The van der Waals surface area contributed by atoms with Crippen LogP contribution in [0.2, 0.25) is 0 Å². The lowest BCUT2D eigenvalue weighted by Crippen LogP contribution is -2.50. The van der Waals surface area contributed by atoms with Crippen LogP contribution in [0.1, 0.15) is 36.4 Å². The molecule has 0 bridgehead atoms. The first-order valence-electron chi connectivity index (χ1n) is 8.71. The number of carboxylic acid groups (broad SMARTS) is 1. The van der Waals surface area contributed by atoms with Crippen LogP contribution in [0, 0.1) is 5.92 Å². The second kappa shape index (κ2) is 10.4. The van der Waals surface area contributed by atoms with E-state index in [0.717, 1.165) is 4.47 Å². The molecule has 0 aliphatic carbocycles. The van der Waals surface area contributed by atoms with Crippen LogP contribution in [0.3, 0.4) is 0 Å². The number of amides is 2. The molecule has 9 heteroatoms. The topological polar surface area (TPSA) is 111 Å². The minimum Gasteiger partial charge on any atom is -0.548 e. The van der Waals surface area contributed by atoms with Crippen LogP contribution >= 0.6 is 31.9 Å². The number of nitrogens with one attached hydrogen (secondary N) is 2. The van der Waals surface area contributed by atoms with E-state index in [9.17, 15) is 19.5 Å². The number of benzene rings is 1. The largest absolute Gasteiger partial charge is 0.548 e. The fourth-order valence-electron chi connectivity index (χ4n) is 2.43. The Morgan fingerprint density at radius 2 is 1.76 bits per heavy atom. The van der Waals surface area contributed by atoms with Gasteiger partial charge in [0, 0.05) is 4.47 Å². The normalized spacial score (nSPS) is 12.5. The zero-order valence-electron chi connectivity index (χ0n) is 15.7. The maximum Gasteiger partial charge on any atom is 0.291 e. The summed E-state index contributed by atoms with van der Waals surface area (Å²) >= 11 is 6.44. The molecule has 2 aromatic rings. The summed E-state index contributed by atoms with van der Waals surface area (Å²) in [6.07, 6.45) is 1.64. The van der Waals surface area contributed by atoms with E-state index < -0.39 is 23.8 Å². The summed E-state index contributed by atoms with van der Waals surface area (Å²) in [4.78, 5) is 36.6. The lowest BCUT2D eigenvalue weighted by atomic mass is 10.0. The Hall–Kier alpha value is -2.39. The van der Waals surface area contributed by atoms with E-state index >= 15 is 0 Å². The highest BCUT2D eigenvalue weighted by molar-refractivity contribution is 9.10. The van der Waals surface area contributed by atoms with Crippen LogP contribution in [0.5, 0.6) is 0 Å². The first-order valence-corrected chi connectivity index (χ1v) is 10.3. The monoisotopic (exact) mass is 525 g/mol.